The van der Waals surface area contributed by atoms with E-state index in [4.69, 9.17) is 23.7 Å². The lowest BCUT2D eigenvalue weighted by Gasteiger charge is -2.40. The SMILES string of the molecule is CCC(C)S(=O)(=O)NC(=O)C1Cc2ccc(cc2)OCC=CCC2(C)CC(C(=O)NC(Cc3ccc4ccccc4c3)C(=O)NC(C(=O)OC)Cc3ccc(cc3)OCC=CCC3CC(C(=O)NC(Cc4ccc5ccccc5c4)C(O)N1)N(C(=O)C(NC(=O)C(C)N(C)C(=O)OC(C)(C)C)C(C)(C)C)C3)[N+](C)(C(=O)C(NC(=O)C(C)N(C)C(=O)OC(C)(C)C)C(C)(C)C)C2. The minimum absolute atomic E-state index is 0.0126. The summed E-state index contributed by atoms with van der Waals surface area (Å²) >= 11 is 0. The van der Waals surface area contributed by atoms with Crippen LogP contribution < -0.4 is 46.1 Å². The maximum Gasteiger partial charge on any atom is 0.410 e. The molecule has 0 saturated carbocycles. The number of esters is 1. The number of hydrogen-bond donors (Lipinski definition) is 8. The number of hydrogen-bond acceptors (Lipinski definition) is 20. The first-order valence-corrected chi connectivity index (χ1v) is 46.2. The standard InChI is InChI=1S/C99H135N11O19S/c1-22-61(2)130(123,124)106-87(115)77-53-64-38-44-74(45-39-64)127-50-30-28-48-99(17)58-80(110(20,60-99)91(119)82(96(8,9)10)105-84(112)63(4)108(19)94(122)129-98(14,15)16)89(117)102-76(56-67-37-43-70-33-24-26-35-72(70)52-67)86(114)103-78(92(120)125-21)54-65-40-46-73(47-41-65)126-49-29-27-31-68-57-79(88(116)101-75(85(113)100-77)55-66-36-42-69-32-23-25-34-71(69)51-66)109(59-68)90(118)81(95(5,6)7)104-83(111)62(3)107(18)93(121)128-97(11,12)13/h23-30,32-47,51-52,61-63,68,75-82,85,100,113H,22,31,48-50,53-60H2,1-21H3,(H5-,101,102,103,104,105,106,111,112,114,115,116,117)/p+1. The summed E-state index contributed by atoms with van der Waals surface area (Å²) in [5.74, 6) is -5.89. The molecule has 30 nitrogen and oxygen atoms in total. The van der Waals surface area contributed by atoms with E-state index in [2.05, 4.69) is 36.6 Å². The van der Waals surface area contributed by atoms with E-state index in [1.54, 1.807) is 158 Å². The number of allylic oxidation sites excluding steroid dienone is 2. The van der Waals surface area contributed by atoms with Crippen LogP contribution >= 0.6 is 0 Å². The third-order valence-corrected chi connectivity index (χ3v) is 26.4. The Kier molecular flexibility index (Phi) is 34.0. The highest BCUT2D eigenvalue weighted by Crippen LogP contribution is 2.44. The van der Waals surface area contributed by atoms with E-state index in [1.165, 1.54) is 46.9 Å². The molecule has 6 aliphatic heterocycles. The zero-order valence-electron chi connectivity index (χ0n) is 79.2. The molecule has 10 amide bonds. The summed E-state index contributed by atoms with van der Waals surface area (Å²) in [5, 5.41) is 33.3. The first-order chi connectivity index (χ1) is 60.8. The fraction of sp³-hybridized carbons (Fsp3) is 0.525. The third-order valence-electron chi connectivity index (χ3n) is 24.5. The van der Waals surface area contributed by atoms with E-state index in [0.29, 0.717) is 40.2 Å². The molecule has 6 aromatic rings. The van der Waals surface area contributed by atoms with Crippen molar-refractivity contribution in [2.45, 2.75) is 259 Å². The molecule has 15 unspecified atom stereocenters. The van der Waals surface area contributed by atoms with Crippen LogP contribution in [0.2, 0.25) is 0 Å². The highest BCUT2D eigenvalue weighted by atomic mass is 32.2. The molecule has 130 heavy (non-hydrogen) atoms. The van der Waals surface area contributed by atoms with Crippen molar-refractivity contribution in [2.75, 3.05) is 54.6 Å². The largest absolute Gasteiger partial charge is 0.490 e. The first kappa shape index (κ1) is 102. The molecule has 0 spiro atoms. The van der Waals surface area contributed by atoms with Gasteiger partial charge in [-0.2, -0.15) is 0 Å². The average molecular weight is 1820 g/mol. The Morgan fingerprint density at radius 3 is 1.59 bits per heavy atom. The summed E-state index contributed by atoms with van der Waals surface area (Å²) in [4.78, 5) is 167. The molecule has 0 radical (unpaired) electrons. The average Bonchev–Trinajstić information content (AvgIpc) is 1.59. The summed E-state index contributed by atoms with van der Waals surface area (Å²) in [6.07, 6.45) is 4.50. The van der Waals surface area contributed by atoms with Gasteiger partial charge in [-0.1, -0.05) is 189 Å². The maximum atomic E-state index is 16.0. The number of likely N-dealkylation sites (tertiary alicyclic amines) is 2. The van der Waals surface area contributed by atoms with Gasteiger partial charge in [-0.25, -0.2) is 27.6 Å². The van der Waals surface area contributed by atoms with Crippen LogP contribution in [0.15, 0.2) is 158 Å². The number of nitrogens with one attached hydrogen (secondary N) is 7. The van der Waals surface area contributed by atoms with Crippen molar-refractivity contribution in [3.05, 3.63) is 180 Å². The van der Waals surface area contributed by atoms with Gasteiger partial charge < -0.3 is 60.3 Å². The van der Waals surface area contributed by atoms with Gasteiger partial charge >= 0.3 is 24.1 Å². The Bertz CT molecular complexity index is 5230. The fourth-order valence-electron chi connectivity index (χ4n) is 16.5. The zero-order valence-corrected chi connectivity index (χ0v) is 80.0. The van der Waals surface area contributed by atoms with Crippen molar-refractivity contribution in [3.63, 3.8) is 0 Å². The topological polar surface area (TPSA) is 382 Å². The van der Waals surface area contributed by atoms with Crippen molar-refractivity contribution in [1.29, 1.82) is 0 Å². The second-order valence-corrected chi connectivity index (χ2v) is 41.8. The van der Waals surface area contributed by atoms with Crippen molar-refractivity contribution < 1.29 is 94.4 Å². The number of fused-ring (bicyclic) bond motifs is 2. The molecular formula is C99H136N11O19S+. The van der Waals surface area contributed by atoms with Crippen LogP contribution in [0.5, 0.6) is 11.5 Å². The van der Waals surface area contributed by atoms with E-state index < -0.39 is 185 Å². The number of sulfonamides is 1. The summed E-state index contributed by atoms with van der Waals surface area (Å²) in [6, 6.07) is 27.5. The number of amides is 10. The number of aliphatic hydroxyl groups excluding tert-OH is 1. The van der Waals surface area contributed by atoms with Gasteiger partial charge in [0.1, 0.15) is 84.4 Å². The maximum absolute atomic E-state index is 16.0. The highest BCUT2D eigenvalue weighted by Gasteiger charge is 2.61. The smallest absolute Gasteiger partial charge is 0.410 e. The van der Waals surface area contributed by atoms with Crippen LogP contribution in [-0.4, -0.2) is 236 Å². The Morgan fingerprint density at radius 2 is 1.10 bits per heavy atom. The number of methoxy groups -OCH3 is 1. The summed E-state index contributed by atoms with van der Waals surface area (Å²) < 4.78 is 58.4. The predicted molar refractivity (Wildman–Crippen MR) is 498 cm³/mol. The predicted octanol–water partition coefficient (Wildman–Crippen LogP) is 10.6. The van der Waals surface area contributed by atoms with Gasteiger partial charge in [0.25, 0.3) is 11.8 Å². The molecule has 8 bridgehead atoms. The second kappa shape index (κ2) is 43.2. The van der Waals surface area contributed by atoms with E-state index in [9.17, 15) is 42.3 Å². The van der Waals surface area contributed by atoms with Gasteiger partial charge in [0, 0.05) is 45.3 Å². The normalized spacial score (nSPS) is 23.2. The molecule has 0 aliphatic carbocycles. The van der Waals surface area contributed by atoms with Crippen molar-refractivity contribution in [1.82, 2.24) is 51.3 Å². The van der Waals surface area contributed by atoms with E-state index in [0.717, 1.165) is 31.3 Å². The van der Waals surface area contributed by atoms with Crippen molar-refractivity contribution in [2.24, 2.45) is 22.2 Å². The monoisotopic (exact) mass is 1810 g/mol. The molecule has 6 aromatic carbocycles. The number of rotatable bonds is 17. The summed E-state index contributed by atoms with van der Waals surface area (Å²) in [5.41, 5.74) is -2.20. The number of aliphatic hydroxyl groups is 1. The number of nitrogens with zero attached hydrogens (tertiary/aromatic N) is 4. The minimum atomic E-state index is -4.29. The lowest BCUT2D eigenvalue weighted by molar-refractivity contribution is -0.841. The quantitative estimate of drug-likeness (QED) is 0.0182. The fourth-order valence-corrected chi connectivity index (χ4v) is 17.5. The Hall–Kier alpha value is -11.3. The van der Waals surface area contributed by atoms with Gasteiger partial charge in [-0.15, -0.1) is 0 Å². The zero-order chi connectivity index (χ0) is 95.9. The van der Waals surface area contributed by atoms with Crippen molar-refractivity contribution >= 4 is 97.0 Å². The number of carbonyl (C=O) groups is 11. The molecule has 31 heteroatoms. The Morgan fingerprint density at radius 1 is 0.615 bits per heavy atom. The molecule has 2 saturated heterocycles. The molecule has 6 aliphatic rings. The van der Waals surface area contributed by atoms with Crippen LogP contribution in [0.25, 0.3) is 21.5 Å². The highest BCUT2D eigenvalue weighted by molar-refractivity contribution is 7.90. The van der Waals surface area contributed by atoms with Gasteiger partial charge in [0.05, 0.1) is 38.0 Å². The van der Waals surface area contributed by atoms with Crippen LogP contribution in [0.4, 0.5) is 9.59 Å². The van der Waals surface area contributed by atoms with E-state index in [1.807, 2.05) is 104 Å². The molecule has 8 N–H and O–H groups in total. The van der Waals surface area contributed by atoms with Gasteiger partial charge in [0.2, 0.25) is 39.6 Å². The van der Waals surface area contributed by atoms with E-state index in [-0.39, 0.29) is 77.7 Å². The van der Waals surface area contributed by atoms with Crippen LogP contribution in [-0.2, 0) is 93.1 Å². The van der Waals surface area contributed by atoms with Crippen LogP contribution in [0, 0.1) is 22.2 Å². The Balaban J connectivity index is 1.09. The van der Waals surface area contributed by atoms with Gasteiger partial charge in [0.15, 0.2) is 6.04 Å². The molecule has 12 rings (SSSR count). The molecular weight excluding hydrogens is 1680 g/mol. The third kappa shape index (κ3) is 27.7. The lowest BCUT2D eigenvalue weighted by atomic mass is 9.84. The minimum Gasteiger partial charge on any atom is -0.490 e. The van der Waals surface area contributed by atoms with Crippen LogP contribution in [0.1, 0.15) is 172 Å². The number of likely N-dealkylation sites (N-methyl/N-ethyl adjacent to an activating group) is 3. The summed E-state index contributed by atoms with van der Waals surface area (Å²) in [7, 11) is 1.40. The Labute approximate surface area is 765 Å². The molecule has 6 heterocycles. The molecule has 2 fully saturated rings. The number of carbonyl (C=O) groups excluding carboxylic acids is 11. The van der Waals surface area contributed by atoms with E-state index >= 15 is 24.0 Å². The number of ether oxygens (including phenoxy) is 5. The van der Waals surface area contributed by atoms with Gasteiger partial charge in [-0.05, 0) is 186 Å². The first-order valence-electron chi connectivity index (χ1n) is 44.7. The van der Waals surface area contributed by atoms with Crippen LogP contribution in [0.3, 0.4) is 0 Å². The molecule has 15 atom stereocenters. The number of benzene rings is 6. The molecule has 0 aromatic heterocycles. The molecule has 706 valence electrons. The number of quaternary nitrogens is 1. The summed E-state index contributed by atoms with van der Waals surface area (Å²) in [6.45, 7) is 29.1. The van der Waals surface area contributed by atoms with Gasteiger partial charge in [-0.3, -0.25) is 57.9 Å². The second-order valence-electron chi connectivity index (χ2n) is 39.7. The van der Waals surface area contributed by atoms with Crippen molar-refractivity contribution in [3.8, 4) is 11.5 Å². The lowest BCUT2D eigenvalue weighted by Crippen LogP contribution is -2.68.